The minimum Gasteiger partial charge on any atom is -0.491 e. The maximum absolute atomic E-state index is 13.5. The maximum Gasteiger partial charge on any atom is 0.257 e. The number of fused-ring (bicyclic) bond motifs is 1. The van der Waals surface area contributed by atoms with Gasteiger partial charge in [0.15, 0.2) is 0 Å². The third kappa shape index (κ3) is 6.42. The SMILES string of the molecule is CO[C@H]1CN(C)C(=O)c2ccc(NC(=O)C3CC3)cc2OC[C@@H](C)N(Cc2ccc(F)cc2)C[C@@H]1C. The van der Waals surface area contributed by atoms with Gasteiger partial charge in [-0.05, 0) is 55.5 Å². The van der Waals surface area contributed by atoms with Crippen molar-refractivity contribution in [3.63, 3.8) is 0 Å². The number of carbonyl (C=O) groups is 2. The number of benzene rings is 2. The van der Waals surface area contributed by atoms with Crippen LogP contribution >= 0.6 is 0 Å². The van der Waals surface area contributed by atoms with E-state index in [2.05, 4.69) is 24.1 Å². The summed E-state index contributed by atoms with van der Waals surface area (Å²) in [5.41, 5.74) is 2.07. The number of rotatable bonds is 5. The third-order valence-corrected chi connectivity index (χ3v) is 7.09. The van der Waals surface area contributed by atoms with Gasteiger partial charge in [0.25, 0.3) is 5.91 Å². The molecule has 2 aliphatic rings. The molecule has 4 rings (SSSR count). The lowest BCUT2D eigenvalue weighted by atomic mass is 10.0. The van der Waals surface area contributed by atoms with Gasteiger partial charge in [-0.2, -0.15) is 0 Å². The molecule has 1 heterocycles. The van der Waals surface area contributed by atoms with Crippen LogP contribution < -0.4 is 10.1 Å². The zero-order valence-electron chi connectivity index (χ0n) is 21.5. The van der Waals surface area contributed by atoms with Gasteiger partial charge in [0.2, 0.25) is 5.91 Å². The van der Waals surface area contributed by atoms with E-state index >= 15 is 0 Å². The number of anilines is 1. The van der Waals surface area contributed by atoms with Crippen molar-refractivity contribution in [1.82, 2.24) is 9.80 Å². The Hall–Kier alpha value is -2.97. The molecule has 36 heavy (non-hydrogen) atoms. The van der Waals surface area contributed by atoms with Gasteiger partial charge >= 0.3 is 0 Å². The highest BCUT2D eigenvalue weighted by atomic mass is 19.1. The predicted molar refractivity (Wildman–Crippen MR) is 136 cm³/mol. The molecule has 1 fully saturated rings. The average molecular weight is 498 g/mol. The Balaban J connectivity index is 1.62. The molecular formula is C28H36FN3O4. The smallest absolute Gasteiger partial charge is 0.257 e. The zero-order valence-corrected chi connectivity index (χ0v) is 21.5. The number of methoxy groups -OCH3 is 1. The van der Waals surface area contributed by atoms with Crippen molar-refractivity contribution < 1.29 is 23.5 Å². The number of likely N-dealkylation sites (N-methyl/N-ethyl adjacent to an activating group) is 1. The van der Waals surface area contributed by atoms with Crippen molar-refractivity contribution >= 4 is 17.5 Å². The number of nitrogens with one attached hydrogen (secondary N) is 1. The van der Waals surface area contributed by atoms with Crippen LogP contribution in [0.15, 0.2) is 42.5 Å². The Morgan fingerprint density at radius 2 is 1.86 bits per heavy atom. The molecule has 0 bridgehead atoms. The molecule has 0 spiro atoms. The first kappa shape index (κ1) is 26.1. The van der Waals surface area contributed by atoms with E-state index in [4.69, 9.17) is 9.47 Å². The van der Waals surface area contributed by atoms with E-state index in [9.17, 15) is 14.0 Å². The fraction of sp³-hybridized carbons (Fsp3) is 0.500. The summed E-state index contributed by atoms with van der Waals surface area (Å²) in [5.74, 6) is 0.236. The molecule has 7 nitrogen and oxygen atoms in total. The minimum atomic E-state index is -0.259. The van der Waals surface area contributed by atoms with Crippen LogP contribution in [-0.2, 0) is 16.1 Å². The fourth-order valence-electron chi connectivity index (χ4n) is 4.56. The lowest BCUT2D eigenvalue weighted by molar-refractivity contribution is -0.117. The number of hydrogen-bond acceptors (Lipinski definition) is 5. The van der Waals surface area contributed by atoms with Crippen LogP contribution in [-0.4, -0.2) is 67.6 Å². The topological polar surface area (TPSA) is 71.1 Å². The van der Waals surface area contributed by atoms with E-state index in [0.717, 1.165) is 18.4 Å². The summed E-state index contributed by atoms with van der Waals surface area (Å²) in [6.45, 7) is 6.31. The van der Waals surface area contributed by atoms with Crippen molar-refractivity contribution in [2.45, 2.75) is 45.4 Å². The number of carbonyl (C=O) groups excluding carboxylic acids is 2. The molecule has 1 saturated carbocycles. The van der Waals surface area contributed by atoms with Gasteiger partial charge in [-0.3, -0.25) is 14.5 Å². The van der Waals surface area contributed by atoms with Crippen LogP contribution in [0.1, 0.15) is 42.6 Å². The zero-order chi connectivity index (χ0) is 25.8. The van der Waals surface area contributed by atoms with Gasteiger partial charge < -0.3 is 19.7 Å². The molecular weight excluding hydrogens is 461 g/mol. The first-order valence-electron chi connectivity index (χ1n) is 12.6. The molecule has 2 aromatic rings. The van der Waals surface area contributed by atoms with Crippen molar-refractivity contribution in [1.29, 1.82) is 0 Å². The van der Waals surface area contributed by atoms with Gasteiger partial charge in [0, 0.05) is 57.5 Å². The number of halogens is 1. The molecule has 1 aliphatic heterocycles. The largest absolute Gasteiger partial charge is 0.491 e. The first-order valence-corrected chi connectivity index (χ1v) is 12.6. The van der Waals surface area contributed by atoms with Crippen molar-refractivity contribution in [2.75, 3.05) is 39.2 Å². The van der Waals surface area contributed by atoms with Crippen LogP contribution in [0, 0.1) is 17.7 Å². The van der Waals surface area contributed by atoms with Crippen molar-refractivity contribution in [3.8, 4) is 5.75 Å². The van der Waals surface area contributed by atoms with Crippen molar-refractivity contribution in [2.24, 2.45) is 11.8 Å². The first-order chi connectivity index (χ1) is 17.2. The number of amides is 2. The molecule has 1 aliphatic carbocycles. The maximum atomic E-state index is 13.5. The Kier molecular flexibility index (Phi) is 8.26. The van der Waals surface area contributed by atoms with Gasteiger partial charge in [0.1, 0.15) is 18.2 Å². The second-order valence-electron chi connectivity index (χ2n) is 10.1. The molecule has 0 radical (unpaired) electrons. The van der Waals surface area contributed by atoms with Crippen LogP contribution in [0.25, 0.3) is 0 Å². The monoisotopic (exact) mass is 497 g/mol. The van der Waals surface area contributed by atoms with E-state index in [1.807, 2.05) is 0 Å². The quantitative estimate of drug-likeness (QED) is 0.671. The summed E-state index contributed by atoms with van der Waals surface area (Å²) in [6.07, 6.45) is 1.66. The molecule has 8 heteroatoms. The standard InChI is InChI=1S/C28H36FN3O4/c1-18-14-32(15-20-5-9-22(29)10-6-20)19(2)17-36-25-13-23(30-27(33)21-7-8-21)11-12-24(25)28(34)31(3)16-26(18)35-4/h5-6,9-13,18-19,21,26H,7-8,14-17H2,1-4H3,(H,30,33)/t18-,19+,26-/m0/s1. The highest BCUT2D eigenvalue weighted by molar-refractivity contribution is 5.99. The molecule has 0 saturated heterocycles. The van der Waals surface area contributed by atoms with Crippen molar-refractivity contribution in [3.05, 3.63) is 59.4 Å². The lowest BCUT2D eigenvalue weighted by Gasteiger charge is -2.36. The molecule has 0 aromatic heterocycles. The lowest BCUT2D eigenvalue weighted by Crippen LogP contribution is -2.46. The minimum absolute atomic E-state index is 0.000159. The Morgan fingerprint density at radius 3 is 2.53 bits per heavy atom. The summed E-state index contributed by atoms with van der Waals surface area (Å²) in [4.78, 5) is 29.6. The van der Waals surface area contributed by atoms with E-state index in [1.165, 1.54) is 12.1 Å². The molecule has 2 aromatic carbocycles. The Bertz CT molecular complexity index is 1070. The summed E-state index contributed by atoms with van der Waals surface area (Å²) >= 11 is 0. The highest BCUT2D eigenvalue weighted by Crippen LogP contribution is 2.32. The van der Waals surface area contributed by atoms with E-state index < -0.39 is 0 Å². The second-order valence-corrected chi connectivity index (χ2v) is 10.1. The summed E-state index contributed by atoms with van der Waals surface area (Å²) < 4.78 is 25.5. The molecule has 2 amide bonds. The van der Waals surface area contributed by atoms with E-state index in [-0.39, 0.29) is 41.6 Å². The van der Waals surface area contributed by atoms with Crippen LogP contribution in [0.4, 0.5) is 10.1 Å². The highest BCUT2D eigenvalue weighted by Gasteiger charge is 2.31. The van der Waals surface area contributed by atoms with Crippen LogP contribution in [0.5, 0.6) is 5.75 Å². The normalized spacial score (nSPS) is 23.8. The van der Waals surface area contributed by atoms with Gasteiger partial charge in [-0.1, -0.05) is 19.1 Å². The van der Waals surface area contributed by atoms with Gasteiger partial charge in [-0.15, -0.1) is 0 Å². The Morgan fingerprint density at radius 1 is 1.14 bits per heavy atom. The number of nitrogens with zero attached hydrogens (tertiary/aromatic N) is 2. The predicted octanol–water partition coefficient (Wildman–Crippen LogP) is 4.18. The van der Waals surface area contributed by atoms with E-state index in [1.54, 1.807) is 49.4 Å². The summed E-state index contributed by atoms with van der Waals surface area (Å²) in [7, 11) is 3.43. The van der Waals surface area contributed by atoms with Crippen LogP contribution in [0.2, 0.25) is 0 Å². The molecule has 3 atom stereocenters. The summed E-state index contributed by atoms with van der Waals surface area (Å²) in [6, 6.07) is 11.8. The number of ether oxygens (including phenoxy) is 2. The molecule has 194 valence electrons. The van der Waals surface area contributed by atoms with Gasteiger partial charge in [-0.25, -0.2) is 4.39 Å². The van der Waals surface area contributed by atoms with E-state index in [0.29, 0.717) is 43.2 Å². The second kappa shape index (κ2) is 11.4. The average Bonchev–Trinajstić information content (AvgIpc) is 3.71. The Labute approximate surface area is 212 Å². The number of hydrogen-bond donors (Lipinski definition) is 1. The fourth-order valence-corrected chi connectivity index (χ4v) is 4.56. The van der Waals surface area contributed by atoms with Crippen LogP contribution in [0.3, 0.4) is 0 Å². The van der Waals surface area contributed by atoms with Gasteiger partial charge in [0.05, 0.1) is 11.7 Å². The summed E-state index contributed by atoms with van der Waals surface area (Å²) in [5, 5.41) is 2.94. The molecule has 0 unspecified atom stereocenters. The third-order valence-electron chi connectivity index (χ3n) is 7.09. The molecule has 1 N–H and O–H groups in total.